The molecular formula is C13H17FN2O6. The number of allylic oxidation sites excluding steroid dienone is 1. The van der Waals surface area contributed by atoms with Gasteiger partial charge in [-0.05, 0) is 19.4 Å². The van der Waals surface area contributed by atoms with E-state index in [9.17, 15) is 24.2 Å². The highest BCUT2D eigenvalue weighted by molar-refractivity contribution is 5.59. The highest BCUT2D eigenvalue weighted by Gasteiger charge is 2.43. The Morgan fingerprint density at radius 1 is 1.36 bits per heavy atom. The summed E-state index contributed by atoms with van der Waals surface area (Å²) in [7, 11) is 0. The van der Waals surface area contributed by atoms with Crippen molar-refractivity contribution in [2.24, 2.45) is 0 Å². The van der Waals surface area contributed by atoms with Crippen molar-refractivity contribution in [3.63, 3.8) is 0 Å². The van der Waals surface area contributed by atoms with Gasteiger partial charge in [-0.2, -0.15) is 0 Å². The molecule has 4 N–H and O–H groups in total. The molecule has 0 radical (unpaired) electrons. The standard InChI is InChI=1S/C13H17FN2O6/c1-5(2)8(14)6-3-16(13(21)15-11(6)20)12-10(19)9(18)7(4-17)22-12/h3,7,9-10,12,17-19H,4H2,1-2H3,(H,15,20,21)/t7-,9-,10-,12-/m1/s1. The van der Waals surface area contributed by atoms with Crippen LogP contribution < -0.4 is 11.2 Å². The first-order valence-electron chi connectivity index (χ1n) is 6.59. The largest absolute Gasteiger partial charge is 0.394 e. The summed E-state index contributed by atoms with van der Waals surface area (Å²) in [5.41, 5.74) is -1.99. The summed E-state index contributed by atoms with van der Waals surface area (Å²) >= 11 is 0. The van der Waals surface area contributed by atoms with Gasteiger partial charge in [0.15, 0.2) is 6.23 Å². The Hall–Kier alpha value is -1.81. The van der Waals surface area contributed by atoms with E-state index in [4.69, 9.17) is 9.84 Å². The number of nitrogens with one attached hydrogen (secondary N) is 1. The van der Waals surface area contributed by atoms with Crippen molar-refractivity contribution in [3.8, 4) is 0 Å². The molecule has 1 saturated heterocycles. The molecule has 1 aromatic rings. The van der Waals surface area contributed by atoms with E-state index in [1.807, 2.05) is 4.98 Å². The molecule has 0 aromatic carbocycles. The van der Waals surface area contributed by atoms with Gasteiger partial charge in [-0.1, -0.05) is 0 Å². The SMILES string of the molecule is CC(C)=C(F)c1cn([C@@H]2O[C@H](CO)[C@@H](O)[C@H]2O)c(=O)[nH]c1=O. The molecule has 1 aliphatic rings. The third-order valence-corrected chi connectivity index (χ3v) is 3.43. The molecule has 22 heavy (non-hydrogen) atoms. The Kier molecular flexibility index (Phi) is 4.61. The molecule has 122 valence electrons. The molecule has 0 bridgehead atoms. The molecule has 0 spiro atoms. The zero-order valence-electron chi connectivity index (χ0n) is 12.0. The van der Waals surface area contributed by atoms with Crippen LogP contribution in [0.1, 0.15) is 25.6 Å². The fourth-order valence-electron chi connectivity index (χ4n) is 2.21. The van der Waals surface area contributed by atoms with E-state index in [1.165, 1.54) is 13.8 Å². The molecule has 0 aliphatic carbocycles. The highest BCUT2D eigenvalue weighted by atomic mass is 19.1. The zero-order valence-corrected chi connectivity index (χ0v) is 12.0. The normalized spacial score (nSPS) is 27.9. The number of hydrogen-bond acceptors (Lipinski definition) is 6. The van der Waals surface area contributed by atoms with E-state index in [0.717, 1.165) is 10.8 Å². The van der Waals surface area contributed by atoms with Gasteiger partial charge < -0.3 is 20.1 Å². The van der Waals surface area contributed by atoms with E-state index in [1.54, 1.807) is 0 Å². The number of aliphatic hydroxyl groups excluding tert-OH is 3. The lowest BCUT2D eigenvalue weighted by atomic mass is 10.1. The summed E-state index contributed by atoms with van der Waals surface area (Å²) in [6.45, 7) is 2.34. The Bertz CT molecular complexity index is 705. The first-order chi connectivity index (χ1) is 10.3. The van der Waals surface area contributed by atoms with Gasteiger partial charge in [0.25, 0.3) is 5.56 Å². The average Bonchev–Trinajstić information content (AvgIpc) is 2.74. The van der Waals surface area contributed by atoms with E-state index in [0.29, 0.717) is 0 Å². The Morgan fingerprint density at radius 3 is 2.50 bits per heavy atom. The van der Waals surface area contributed by atoms with E-state index in [2.05, 4.69) is 0 Å². The molecule has 4 atom stereocenters. The van der Waals surface area contributed by atoms with Gasteiger partial charge in [-0.3, -0.25) is 14.3 Å². The second-order valence-electron chi connectivity index (χ2n) is 5.25. The number of hydrogen-bond donors (Lipinski definition) is 4. The van der Waals surface area contributed by atoms with Crippen molar-refractivity contribution in [2.75, 3.05) is 6.61 Å². The number of rotatable bonds is 3. The predicted molar refractivity (Wildman–Crippen MR) is 73.7 cm³/mol. The van der Waals surface area contributed by atoms with Crippen LogP contribution in [0.15, 0.2) is 21.4 Å². The Balaban J connectivity index is 2.53. The lowest BCUT2D eigenvalue weighted by molar-refractivity contribution is -0.0550. The van der Waals surface area contributed by atoms with Crippen LogP contribution >= 0.6 is 0 Å². The maximum absolute atomic E-state index is 14.0. The van der Waals surface area contributed by atoms with Crippen LogP contribution in [0.4, 0.5) is 4.39 Å². The van der Waals surface area contributed by atoms with E-state index < -0.39 is 53.8 Å². The number of nitrogens with zero attached hydrogens (tertiary/aromatic N) is 1. The van der Waals surface area contributed by atoms with Gasteiger partial charge in [-0.15, -0.1) is 0 Å². The molecule has 0 unspecified atom stereocenters. The van der Waals surface area contributed by atoms with Crippen molar-refractivity contribution in [1.82, 2.24) is 9.55 Å². The molecular weight excluding hydrogens is 299 g/mol. The summed E-state index contributed by atoms with van der Waals surface area (Å²) in [4.78, 5) is 25.5. The molecule has 0 saturated carbocycles. The maximum atomic E-state index is 14.0. The number of aromatic nitrogens is 2. The van der Waals surface area contributed by atoms with Gasteiger partial charge in [0, 0.05) is 6.20 Å². The number of H-pyrrole nitrogens is 1. The molecule has 1 aromatic heterocycles. The van der Waals surface area contributed by atoms with Crippen LogP contribution in [0.2, 0.25) is 0 Å². The van der Waals surface area contributed by atoms with Gasteiger partial charge in [0.05, 0.1) is 12.2 Å². The molecule has 0 amide bonds. The minimum atomic E-state index is -1.51. The van der Waals surface area contributed by atoms with Gasteiger partial charge >= 0.3 is 5.69 Å². The Labute approximate surface area is 124 Å². The summed E-state index contributed by atoms with van der Waals surface area (Å²) in [5.74, 6) is -0.804. The van der Waals surface area contributed by atoms with Gasteiger partial charge in [-0.25, -0.2) is 9.18 Å². The molecule has 2 rings (SSSR count). The molecule has 1 aliphatic heterocycles. The first kappa shape index (κ1) is 16.6. The van der Waals surface area contributed by atoms with Crippen LogP contribution in [0.3, 0.4) is 0 Å². The fourth-order valence-corrected chi connectivity index (χ4v) is 2.21. The summed E-state index contributed by atoms with van der Waals surface area (Å²) in [6, 6.07) is 0. The number of halogens is 1. The smallest absolute Gasteiger partial charge is 0.330 e. The minimum Gasteiger partial charge on any atom is -0.394 e. The number of aromatic amines is 1. The summed E-state index contributed by atoms with van der Waals surface area (Å²) in [5, 5.41) is 28.6. The highest BCUT2D eigenvalue weighted by Crippen LogP contribution is 2.28. The maximum Gasteiger partial charge on any atom is 0.330 e. The van der Waals surface area contributed by atoms with Crippen molar-refractivity contribution in [1.29, 1.82) is 0 Å². The molecule has 1 fully saturated rings. The average molecular weight is 316 g/mol. The van der Waals surface area contributed by atoms with Crippen molar-refractivity contribution >= 4 is 5.83 Å². The first-order valence-corrected chi connectivity index (χ1v) is 6.59. The lowest BCUT2D eigenvalue weighted by Gasteiger charge is -2.17. The van der Waals surface area contributed by atoms with Crippen molar-refractivity contribution in [2.45, 2.75) is 38.4 Å². The molecule has 2 heterocycles. The van der Waals surface area contributed by atoms with Gasteiger partial charge in [0.1, 0.15) is 24.1 Å². The van der Waals surface area contributed by atoms with Gasteiger partial charge in [0.2, 0.25) is 0 Å². The van der Waals surface area contributed by atoms with Crippen LogP contribution in [0.25, 0.3) is 5.83 Å². The third-order valence-electron chi connectivity index (χ3n) is 3.43. The van der Waals surface area contributed by atoms with Crippen LogP contribution in [-0.2, 0) is 4.74 Å². The van der Waals surface area contributed by atoms with E-state index >= 15 is 0 Å². The second kappa shape index (κ2) is 6.13. The molecule has 9 heteroatoms. The monoisotopic (exact) mass is 316 g/mol. The number of ether oxygens (including phenoxy) is 1. The summed E-state index contributed by atoms with van der Waals surface area (Å²) in [6.07, 6.45) is -4.44. The quantitative estimate of drug-likeness (QED) is 0.559. The topological polar surface area (TPSA) is 125 Å². The lowest BCUT2D eigenvalue weighted by Crippen LogP contribution is -2.38. The zero-order chi connectivity index (χ0) is 16.6. The van der Waals surface area contributed by atoms with Crippen LogP contribution in [0.5, 0.6) is 0 Å². The third kappa shape index (κ3) is 2.75. The number of aliphatic hydroxyl groups is 3. The Morgan fingerprint density at radius 2 is 2.00 bits per heavy atom. The van der Waals surface area contributed by atoms with Crippen LogP contribution in [-0.4, -0.2) is 49.8 Å². The minimum absolute atomic E-state index is 0.233. The van der Waals surface area contributed by atoms with Crippen molar-refractivity contribution in [3.05, 3.63) is 38.2 Å². The summed E-state index contributed by atoms with van der Waals surface area (Å²) < 4.78 is 20.0. The van der Waals surface area contributed by atoms with Crippen LogP contribution in [0, 0.1) is 0 Å². The predicted octanol–water partition coefficient (Wildman–Crippen LogP) is -1.13. The second-order valence-corrected chi connectivity index (χ2v) is 5.25. The fraction of sp³-hybridized carbons (Fsp3) is 0.538. The van der Waals surface area contributed by atoms with Crippen molar-refractivity contribution < 1.29 is 24.4 Å². The van der Waals surface area contributed by atoms with E-state index in [-0.39, 0.29) is 5.57 Å². The molecule has 8 nitrogen and oxygen atoms in total.